The van der Waals surface area contributed by atoms with Gasteiger partial charge in [-0.1, -0.05) is 6.07 Å². The van der Waals surface area contributed by atoms with Gasteiger partial charge in [0.2, 0.25) is 0 Å². The Morgan fingerprint density at radius 3 is 2.90 bits per heavy atom. The van der Waals surface area contributed by atoms with Gasteiger partial charge < -0.3 is 13.9 Å². The van der Waals surface area contributed by atoms with E-state index in [0.29, 0.717) is 23.7 Å². The van der Waals surface area contributed by atoms with Crippen molar-refractivity contribution in [1.82, 2.24) is 9.38 Å². The molecular weight excluding hydrogens is 268 g/mol. The number of aromatic nitrogens is 2. The zero-order chi connectivity index (χ0) is 14.7. The third-order valence-corrected chi connectivity index (χ3v) is 3.11. The van der Waals surface area contributed by atoms with Gasteiger partial charge in [0.25, 0.3) is 0 Å². The van der Waals surface area contributed by atoms with Gasteiger partial charge in [0.1, 0.15) is 18.5 Å². The molecule has 0 bridgehead atoms. The summed E-state index contributed by atoms with van der Waals surface area (Å²) in [5, 5.41) is 0. The number of methoxy groups -OCH3 is 1. The van der Waals surface area contributed by atoms with Crippen molar-refractivity contribution in [2.75, 3.05) is 7.11 Å². The lowest BCUT2D eigenvalue weighted by Crippen LogP contribution is -1.98. The van der Waals surface area contributed by atoms with Crippen LogP contribution in [0.1, 0.15) is 16.1 Å². The van der Waals surface area contributed by atoms with Crippen molar-refractivity contribution >= 4 is 11.9 Å². The zero-order valence-corrected chi connectivity index (χ0v) is 11.5. The molecule has 0 spiro atoms. The normalized spacial score (nSPS) is 10.5. The van der Waals surface area contributed by atoms with Crippen LogP contribution in [-0.2, 0) is 6.61 Å². The Kier molecular flexibility index (Phi) is 3.55. The van der Waals surface area contributed by atoms with Crippen LogP contribution < -0.4 is 9.47 Å². The highest BCUT2D eigenvalue weighted by atomic mass is 16.5. The van der Waals surface area contributed by atoms with Crippen LogP contribution in [0.25, 0.3) is 5.65 Å². The molecule has 0 saturated heterocycles. The van der Waals surface area contributed by atoms with Crippen molar-refractivity contribution in [3.63, 3.8) is 0 Å². The van der Waals surface area contributed by atoms with Gasteiger partial charge in [0.05, 0.1) is 12.8 Å². The molecule has 0 amide bonds. The summed E-state index contributed by atoms with van der Waals surface area (Å²) in [6.07, 6.45) is 4.61. The number of hydrogen-bond donors (Lipinski definition) is 0. The van der Waals surface area contributed by atoms with E-state index >= 15 is 0 Å². The van der Waals surface area contributed by atoms with E-state index in [1.54, 1.807) is 25.3 Å². The molecule has 3 rings (SSSR count). The Balaban J connectivity index is 1.82. The third-order valence-electron chi connectivity index (χ3n) is 3.11. The minimum atomic E-state index is 0.306. The van der Waals surface area contributed by atoms with E-state index in [2.05, 4.69) is 4.98 Å². The summed E-state index contributed by atoms with van der Waals surface area (Å²) in [6.45, 7) is 0.306. The van der Waals surface area contributed by atoms with Crippen LogP contribution in [0.4, 0.5) is 0 Å². The van der Waals surface area contributed by atoms with E-state index in [1.165, 1.54) is 0 Å². The van der Waals surface area contributed by atoms with E-state index in [4.69, 9.17) is 9.47 Å². The Bertz CT molecular complexity index is 747. The number of nitrogens with zero attached hydrogens (tertiary/aromatic N) is 2. The van der Waals surface area contributed by atoms with Crippen molar-refractivity contribution in [3.8, 4) is 11.5 Å². The fourth-order valence-corrected chi connectivity index (χ4v) is 2.09. The van der Waals surface area contributed by atoms with Crippen LogP contribution in [0.15, 0.2) is 48.8 Å². The summed E-state index contributed by atoms with van der Waals surface area (Å²) in [6, 6.07) is 10.9. The molecule has 106 valence electrons. The standard InChI is InChI=1S/C16H14N2O3/c1-20-14-6-5-12(10-19)8-15(14)21-11-13-9-18-7-3-2-4-16(18)17-13/h2-10H,11H2,1H3. The maximum Gasteiger partial charge on any atom is 0.162 e. The first kappa shape index (κ1) is 13.2. The minimum Gasteiger partial charge on any atom is -0.493 e. The molecule has 5 heteroatoms. The summed E-state index contributed by atoms with van der Waals surface area (Å²) in [5.74, 6) is 1.11. The number of aldehydes is 1. The van der Waals surface area contributed by atoms with Crippen molar-refractivity contribution in [2.45, 2.75) is 6.61 Å². The second kappa shape index (κ2) is 5.66. The number of carbonyl (C=O) groups excluding carboxylic acids is 1. The highest BCUT2D eigenvalue weighted by Crippen LogP contribution is 2.28. The lowest BCUT2D eigenvalue weighted by Gasteiger charge is -2.09. The van der Waals surface area contributed by atoms with Crippen molar-refractivity contribution in [3.05, 3.63) is 60.0 Å². The molecule has 2 heterocycles. The molecule has 0 atom stereocenters. The quantitative estimate of drug-likeness (QED) is 0.675. The van der Waals surface area contributed by atoms with Crippen molar-refractivity contribution < 1.29 is 14.3 Å². The smallest absolute Gasteiger partial charge is 0.162 e. The van der Waals surface area contributed by atoms with E-state index in [-0.39, 0.29) is 0 Å². The number of rotatable bonds is 5. The molecule has 0 fully saturated rings. The highest BCUT2D eigenvalue weighted by Gasteiger charge is 2.07. The number of pyridine rings is 1. The molecule has 0 radical (unpaired) electrons. The summed E-state index contributed by atoms with van der Waals surface area (Å²) < 4.78 is 12.9. The van der Waals surface area contributed by atoms with Gasteiger partial charge in [-0.05, 0) is 30.3 Å². The molecule has 5 nitrogen and oxygen atoms in total. The van der Waals surface area contributed by atoms with Crippen molar-refractivity contribution in [2.24, 2.45) is 0 Å². The molecule has 21 heavy (non-hydrogen) atoms. The monoisotopic (exact) mass is 282 g/mol. The van der Waals surface area contributed by atoms with E-state index < -0.39 is 0 Å². The summed E-state index contributed by atoms with van der Waals surface area (Å²) in [4.78, 5) is 15.3. The Morgan fingerprint density at radius 2 is 2.14 bits per heavy atom. The van der Waals surface area contributed by atoms with Gasteiger partial charge in [0.15, 0.2) is 11.5 Å². The third kappa shape index (κ3) is 2.72. The minimum absolute atomic E-state index is 0.306. The van der Waals surface area contributed by atoms with Gasteiger partial charge in [0, 0.05) is 18.0 Å². The highest BCUT2D eigenvalue weighted by molar-refractivity contribution is 5.76. The fourth-order valence-electron chi connectivity index (χ4n) is 2.09. The first-order valence-corrected chi connectivity index (χ1v) is 6.49. The van der Waals surface area contributed by atoms with E-state index in [0.717, 1.165) is 17.6 Å². The maximum absolute atomic E-state index is 10.8. The molecule has 0 unspecified atom stereocenters. The molecule has 3 aromatic rings. The molecular formula is C16H14N2O3. The first-order valence-electron chi connectivity index (χ1n) is 6.49. The lowest BCUT2D eigenvalue weighted by atomic mass is 10.2. The van der Waals surface area contributed by atoms with E-state index in [1.807, 2.05) is 35.0 Å². The second-order valence-electron chi connectivity index (χ2n) is 4.52. The first-order chi connectivity index (χ1) is 10.3. The Hall–Kier alpha value is -2.82. The molecule has 0 N–H and O–H groups in total. The molecule has 1 aromatic carbocycles. The number of hydrogen-bond acceptors (Lipinski definition) is 4. The zero-order valence-electron chi connectivity index (χ0n) is 11.5. The average molecular weight is 282 g/mol. The maximum atomic E-state index is 10.8. The summed E-state index contributed by atoms with van der Waals surface area (Å²) in [7, 11) is 1.56. The van der Waals surface area contributed by atoms with Crippen molar-refractivity contribution in [1.29, 1.82) is 0 Å². The molecule has 0 saturated carbocycles. The average Bonchev–Trinajstić information content (AvgIpc) is 2.95. The van der Waals surface area contributed by atoms with Crippen LogP contribution in [0.2, 0.25) is 0 Å². The number of fused-ring (bicyclic) bond motifs is 1. The summed E-state index contributed by atoms with van der Waals surface area (Å²) >= 11 is 0. The number of ether oxygens (including phenoxy) is 2. The second-order valence-corrected chi connectivity index (χ2v) is 4.52. The van der Waals surface area contributed by atoms with Crippen LogP contribution in [0.3, 0.4) is 0 Å². The number of benzene rings is 1. The molecule has 0 aliphatic rings. The Labute approximate surface area is 121 Å². The topological polar surface area (TPSA) is 52.8 Å². The number of carbonyl (C=O) groups is 1. The molecule has 2 aromatic heterocycles. The predicted octanol–water partition coefficient (Wildman–Crippen LogP) is 2.73. The van der Waals surface area contributed by atoms with Crippen LogP contribution >= 0.6 is 0 Å². The predicted molar refractivity (Wildman–Crippen MR) is 77.9 cm³/mol. The van der Waals surface area contributed by atoms with Crippen LogP contribution in [-0.4, -0.2) is 22.8 Å². The van der Waals surface area contributed by atoms with Gasteiger partial charge in [-0.2, -0.15) is 0 Å². The summed E-state index contributed by atoms with van der Waals surface area (Å²) in [5.41, 5.74) is 2.21. The van der Waals surface area contributed by atoms with Gasteiger partial charge in [-0.25, -0.2) is 4.98 Å². The Morgan fingerprint density at radius 1 is 1.24 bits per heavy atom. The number of imidazole rings is 1. The fraction of sp³-hybridized carbons (Fsp3) is 0.125. The van der Waals surface area contributed by atoms with Gasteiger partial charge in [-0.15, -0.1) is 0 Å². The molecule has 0 aliphatic carbocycles. The largest absolute Gasteiger partial charge is 0.493 e. The van der Waals surface area contributed by atoms with Gasteiger partial charge >= 0.3 is 0 Å². The van der Waals surface area contributed by atoms with Crippen LogP contribution in [0, 0.1) is 0 Å². The van der Waals surface area contributed by atoms with Gasteiger partial charge in [-0.3, -0.25) is 4.79 Å². The SMILES string of the molecule is COc1ccc(C=O)cc1OCc1cn2ccccc2n1. The van der Waals surface area contributed by atoms with E-state index in [9.17, 15) is 4.79 Å². The molecule has 0 aliphatic heterocycles. The van der Waals surface area contributed by atoms with Crippen LogP contribution in [0.5, 0.6) is 11.5 Å². The lowest BCUT2D eigenvalue weighted by molar-refractivity contribution is 0.112.